The number of rotatable bonds is 5. The maximum Gasteiger partial charge on any atom is 0.307 e. The third kappa shape index (κ3) is 3.65. The molecule has 0 aliphatic carbocycles. The summed E-state index contributed by atoms with van der Waals surface area (Å²) >= 11 is 1.18. The van der Waals surface area contributed by atoms with Gasteiger partial charge in [0.1, 0.15) is 0 Å². The molecule has 0 saturated heterocycles. The van der Waals surface area contributed by atoms with Gasteiger partial charge >= 0.3 is 4.87 Å². The summed E-state index contributed by atoms with van der Waals surface area (Å²) in [4.78, 5) is 26.0. The summed E-state index contributed by atoms with van der Waals surface area (Å²) in [6, 6.07) is 6.14. The van der Waals surface area contributed by atoms with Gasteiger partial charge in [-0.25, -0.2) is 0 Å². The molecule has 0 spiro atoms. The Bertz CT molecular complexity index is 710. The van der Waals surface area contributed by atoms with Gasteiger partial charge in [-0.1, -0.05) is 17.4 Å². The quantitative estimate of drug-likeness (QED) is 0.849. The fourth-order valence-corrected chi connectivity index (χ4v) is 3.39. The Morgan fingerprint density at radius 1 is 1.18 bits per heavy atom. The highest BCUT2D eigenvalue weighted by molar-refractivity contribution is 7.07. The molecule has 0 aliphatic rings. The lowest BCUT2D eigenvalue weighted by Crippen LogP contribution is -2.32. The fraction of sp³-hybridized carbons (Fsp3) is 0.412. The zero-order chi connectivity index (χ0) is 16.3. The maximum atomic E-state index is 12.5. The van der Waals surface area contributed by atoms with Crippen LogP contribution in [0.2, 0.25) is 0 Å². The van der Waals surface area contributed by atoms with Crippen LogP contribution in [0.3, 0.4) is 0 Å². The third-order valence-electron chi connectivity index (χ3n) is 3.66. The standard InChI is InChI=1S/C17H22N2O2S/c1-5-18(15-9-12(2)8-13(3)10-15)16(20)6-7-19-14(4)11-22-17(19)21/h8-11H,5-7H2,1-4H3. The Morgan fingerprint density at radius 2 is 1.82 bits per heavy atom. The minimum atomic E-state index is -0.000233. The van der Waals surface area contributed by atoms with E-state index in [0.29, 0.717) is 19.5 Å². The minimum absolute atomic E-state index is 0.000233. The molecule has 0 aliphatic heterocycles. The molecule has 0 N–H and O–H groups in total. The van der Waals surface area contributed by atoms with Crippen molar-refractivity contribution in [2.45, 2.75) is 40.7 Å². The Balaban J connectivity index is 2.14. The summed E-state index contributed by atoms with van der Waals surface area (Å²) in [6.07, 6.45) is 0.332. The molecule has 2 aromatic rings. The van der Waals surface area contributed by atoms with Crippen molar-refractivity contribution in [3.8, 4) is 0 Å². The number of aromatic nitrogens is 1. The number of carbonyl (C=O) groups is 1. The number of benzene rings is 1. The van der Waals surface area contributed by atoms with Gasteiger partial charge in [0.15, 0.2) is 0 Å². The first-order valence-electron chi connectivity index (χ1n) is 7.46. The van der Waals surface area contributed by atoms with Crippen LogP contribution in [0, 0.1) is 20.8 Å². The van der Waals surface area contributed by atoms with Gasteiger partial charge in [-0.15, -0.1) is 0 Å². The number of hydrogen-bond acceptors (Lipinski definition) is 3. The van der Waals surface area contributed by atoms with E-state index in [0.717, 1.165) is 22.5 Å². The van der Waals surface area contributed by atoms with E-state index in [4.69, 9.17) is 0 Å². The summed E-state index contributed by atoms with van der Waals surface area (Å²) in [5.41, 5.74) is 4.13. The third-order valence-corrected chi connectivity index (χ3v) is 4.54. The Hall–Kier alpha value is -1.88. The van der Waals surface area contributed by atoms with Crippen LogP contribution in [0.5, 0.6) is 0 Å². The van der Waals surface area contributed by atoms with Crippen LogP contribution in [-0.4, -0.2) is 17.0 Å². The van der Waals surface area contributed by atoms with Gasteiger partial charge < -0.3 is 9.47 Å². The molecule has 1 aromatic heterocycles. The van der Waals surface area contributed by atoms with Gasteiger partial charge in [-0.2, -0.15) is 0 Å². The summed E-state index contributed by atoms with van der Waals surface area (Å²) < 4.78 is 1.66. The number of aryl methyl sites for hydroxylation is 3. The predicted octanol–water partition coefficient (Wildman–Crippen LogP) is 3.28. The highest BCUT2D eigenvalue weighted by Crippen LogP contribution is 2.19. The van der Waals surface area contributed by atoms with Crippen LogP contribution < -0.4 is 9.77 Å². The molecule has 0 saturated carbocycles. The first-order chi connectivity index (χ1) is 10.4. The lowest BCUT2D eigenvalue weighted by molar-refractivity contribution is -0.118. The Kier molecular flexibility index (Phi) is 5.19. The van der Waals surface area contributed by atoms with Crippen LogP contribution in [0.1, 0.15) is 30.2 Å². The number of anilines is 1. The molecule has 0 atom stereocenters. The van der Waals surface area contributed by atoms with Crippen molar-refractivity contribution in [2.24, 2.45) is 0 Å². The first kappa shape index (κ1) is 16.5. The van der Waals surface area contributed by atoms with Crippen molar-refractivity contribution in [3.05, 3.63) is 50.1 Å². The van der Waals surface area contributed by atoms with Crippen molar-refractivity contribution < 1.29 is 4.79 Å². The van der Waals surface area contributed by atoms with Gasteiger partial charge in [0.25, 0.3) is 0 Å². The maximum absolute atomic E-state index is 12.5. The molecule has 0 radical (unpaired) electrons. The van der Waals surface area contributed by atoms with Crippen molar-refractivity contribution >= 4 is 22.9 Å². The molecule has 5 heteroatoms. The van der Waals surface area contributed by atoms with Gasteiger partial charge in [-0.3, -0.25) is 9.59 Å². The lowest BCUT2D eigenvalue weighted by atomic mass is 10.1. The molecule has 0 bridgehead atoms. The molecular formula is C17H22N2O2S. The monoisotopic (exact) mass is 318 g/mol. The van der Waals surface area contributed by atoms with E-state index in [1.54, 1.807) is 9.47 Å². The predicted molar refractivity (Wildman–Crippen MR) is 91.9 cm³/mol. The van der Waals surface area contributed by atoms with Crippen molar-refractivity contribution in [2.75, 3.05) is 11.4 Å². The minimum Gasteiger partial charge on any atom is -0.313 e. The molecule has 1 aromatic carbocycles. The van der Waals surface area contributed by atoms with Gasteiger partial charge in [-0.05, 0) is 51.0 Å². The summed E-state index contributed by atoms with van der Waals surface area (Å²) in [6.45, 7) is 8.99. The Labute approximate surface area is 135 Å². The van der Waals surface area contributed by atoms with Crippen molar-refractivity contribution in [3.63, 3.8) is 0 Å². The number of hydrogen-bond donors (Lipinski definition) is 0. The summed E-state index contributed by atoms with van der Waals surface area (Å²) in [5.74, 6) is 0.0463. The molecule has 22 heavy (non-hydrogen) atoms. The lowest BCUT2D eigenvalue weighted by Gasteiger charge is -2.22. The molecule has 0 fully saturated rings. The van der Waals surface area contributed by atoms with Crippen LogP contribution in [-0.2, 0) is 11.3 Å². The smallest absolute Gasteiger partial charge is 0.307 e. The molecule has 4 nitrogen and oxygen atoms in total. The molecule has 1 amide bonds. The summed E-state index contributed by atoms with van der Waals surface area (Å²) in [5, 5.41) is 1.83. The summed E-state index contributed by atoms with van der Waals surface area (Å²) in [7, 11) is 0. The number of nitrogens with zero attached hydrogens (tertiary/aromatic N) is 2. The first-order valence-corrected chi connectivity index (χ1v) is 8.34. The largest absolute Gasteiger partial charge is 0.313 e. The van der Waals surface area contributed by atoms with E-state index >= 15 is 0 Å². The van der Waals surface area contributed by atoms with Crippen molar-refractivity contribution in [1.82, 2.24) is 4.57 Å². The van der Waals surface area contributed by atoms with Gasteiger partial charge in [0.2, 0.25) is 5.91 Å². The normalized spacial score (nSPS) is 10.7. The zero-order valence-corrected chi connectivity index (χ0v) is 14.4. The average molecular weight is 318 g/mol. The second kappa shape index (κ2) is 6.92. The molecule has 0 unspecified atom stereocenters. The van der Waals surface area contributed by atoms with E-state index < -0.39 is 0 Å². The molecule has 1 heterocycles. The van der Waals surface area contributed by atoms with Crippen LogP contribution >= 0.6 is 11.3 Å². The second-order valence-corrected chi connectivity index (χ2v) is 6.35. The van der Waals surface area contributed by atoms with Crippen molar-refractivity contribution in [1.29, 1.82) is 0 Å². The number of amides is 1. The van der Waals surface area contributed by atoms with Crippen LogP contribution in [0.4, 0.5) is 5.69 Å². The molecule has 2 rings (SSSR count). The fourth-order valence-electron chi connectivity index (χ4n) is 2.63. The number of carbonyl (C=O) groups excluding carboxylic acids is 1. The Morgan fingerprint density at radius 3 is 2.32 bits per heavy atom. The average Bonchev–Trinajstić information content (AvgIpc) is 2.75. The zero-order valence-electron chi connectivity index (χ0n) is 13.5. The second-order valence-electron chi connectivity index (χ2n) is 5.53. The van der Waals surface area contributed by atoms with Gasteiger partial charge in [0.05, 0.1) is 0 Å². The topological polar surface area (TPSA) is 42.3 Å². The molecule has 118 valence electrons. The SMILES string of the molecule is CCN(C(=O)CCn1c(C)csc1=O)c1cc(C)cc(C)c1. The molecular weight excluding hydrogens is 296 g/mol. The van der Waals surface area contributed by atoms with Crippen LogP contribution in [0.25, 0.3) is 0 Å². The van der Waals surface area contributed by atoms with E-state index in [9.17, 15) is 9.59 Å². The van der Waals surface area contributed by atoms with Gasteiger partial charge in [0, 0.05) is 36.3 Å². The highest BCUT2D eigenvalue weighted by atomic mass is 32.1. The van der Waals surface area contributed by atoms with E-state index in [1.807, 2.05) is 45.2 Å². The van der Waals surface area contributed by atoms with E-state index in [-0.39, 0.29) is 10.8 Å². The number of thiazole rings is 1. The highest BCUT2D eigenvalue weighted by Gasteiger charge is 2.15. The van der Waals surface area contributed by atoms with Crippen LogP contribution in [0.15, 0.2) is 28.4 Å². The van der Waals surface area contributed by atoms with E-state index in [1.165, 1.54) is 11.3 Å². The van der Waals surface area contributed by atoms with E-state index in [2.05, 4.69) is 6.07 Å².